The molecule has 1 aromatic carbocycles. The smallest absolute Gasteiger partial charge is 0.265 e. The zero-order valence-electron chi connectivity index (χ0n) is 18.8. The normalized spacial score (nSPS) is 11.1. The Morgan fingerprint density at radius 1 is 1.03 bits per heavy atom. The number of rotatable bonds is 7. The first kappa shape index (κ1) is 22.0. The third-order valence-corrected chi connectivity index (χ3v) is 7.45. The molecule has 9 nitrogen and oxygen atoms in total. The van der Waals surface area contributed by atoms with Crippen LogP contribution in [0.3, 0.4) is 0 Å². The first-order valence-corrected chi connectivity index (χ1v) is 12.7. The predicted molar refractivity (Wildman–Crippen MR) is 144 cm³/mol. The fraction of sp³-hybridized carbons (Fsp3) is 0.0400. The molecule has 4 N–H and O–H groups in total. The minimum atomic E-state index is -0.206. The zero-order chi connectivity index (χ0) is 24.5. The number of nitrogens with two attached hydrogens (primary N) is 1. The number of thiazole rings is 1. The van der Waals surface area contributed by atoms with Gasteiger partial charge in [-0.2, -0.15) is 0 Å². The third kappa shape index (κ3) is 4.44. The first-order chi connectivity index (χ1) is 17.6. The van der Waals surface area contributed by atoms with Crippen molar-refractivity contribution in [3.05, 3.63) is 96.3 Å². The van der Waals surface area contributed by atoms with Crippen LogP contribution in [0.15, 0.2) is 85.8 Å². The maximum absolute atomic E-state index is 12.6. The summed E-state index contributed by atoms with van der Waals surface area (Å²) >= 11 is 2.88. The minimum absolute atomic E-state index is 0.206. The van der Waals surface area contributed by atoms with Gasteiger partial charge in [0, 0.05) is 31.3 Å². The van der Waals surface area contributed by atoms with E-state index in [2.05, 4.69) is 42.2 Å². The highest BCUT2D eigenvalue weighted by atomic mass is 32.1. The number of anilines is 4. The summed E-state index contributed by atoms with van der Waals surface area (Å²) in [7, 11) is 0. The molecule has 5 aromatic heterocycles. The number of amides is 1. The van der Waals surface area contributed by atoms with Crippen LogP contribution in [-0.4, -0.2) is 29.8 Å². The number of nitrogens with zero attached hydrogens (tertiary/aromatic N) is 5. The second kappa shape index (κ2) is 9.29. The van der Waals surface area contributed by atoms with Crippen LogP contribution in [0.25, 0.3) is 16.2 Å². The molecule has 0 saturated heterocycles. The Kier molecular flexibility index (Phi) is 5.68. The second-order valence-electron chi connectivity index (χ2n) is 8.00. The molecule has 0 aliphatic carbocycles. The van der Waals surface area contributed by atoms with Gasteiger partial charge < -0.3 is 20.9 Å². The van der Waals surface area contributed by atoms with E-state index < -0.39 is 0 Å². The zero-order valence-corrected chi connectivity index (χ0v) is 20.5. The molecule has 0 bridgehead atoms. The minimum Gasteiger partial charge on any atom is -0.397 e. The lowest BCUT2D eigenvalue weighted by Gasteiger charge is -2.06. The van der Waals surface area contributed by atoms with Gasteiger partial charge in [0.15, 0.2) is 5.13 Å². The molecule has 36 heavy (non-hydrogen) atoms. The van der Waals surface area contributed by atoms with Gasteiger partial charge in [0.1, 0.15) is 5.65 Å². The fourth-order valence-corrected chi connectivity index (χ4v) is 5.47. The summed E-state index contributed by atoms with van der Waals surface area (Å²) in [5.74, 6) is -0.206. The van der Waals surface area contributed by atoms with Crippen molar-refractivity contribution in [3.8, 4) is 10.6 Å². The summed E-state index contributed by atoms with van der Waals surface area (Å²) < 4.78 is 4.10. The third-order valence-electron chi connectivity index (χ3n) is 5.52. The Hall–Kier alpha value is -4.48. The van der Waals surface area contributed by atoms with Crippen molar-refractivity contribution in [3.63, 3.8) is 0 Å². The van der Waals surface area contributed by atoms with Gasteiger partial charge in [-0.25, -0.2) is 15.0 Å². The first-order valence-electron chi connectivity index (χ1n) is 11.0. The van der Waals surface area contributed by atoms with Crippen LogP contribution in [0, 0.1) is 0 Å². The van der Waals surface area contributed by atoms with Gasteiger partial charge in [-0.3, -0.25) is 9.20 Å². The van der Waals surface area contributed by atoms with Gasteiger partial charge >= 0.3 is 0 Å². The topological polar surface area (TPSA) is 115 Å². The molecule has 0 unspecified atom stereocenters. The van der Waals surface area contributed by atoms with Crippen molar-refractivity contribution in [2.75, 3.05) is 16.4 Å². The highest BCUT2D eigenvalue weighted by molar-refractivity contribution is 7.20. The molecular weight excluding hydrogens is 492 g/mol. The van der Waals surface area contributed by atoms with Gasteiger partial charge in [0.05, 0.1) is 44.3 Å². The van der Waals surface area contributed by atoms with Crippen molar-refractivity contribution < 1.29 is 4.79 Å². The molecule has 6 rings (SSSR count). The number of pyridine rings is 1. The van der Waals surface area contributed by atoms with E-state index in [-0.39, 0.29) is 5.91 Å². The molecular formula is C25H20N8OS2. The van der Waals surface area contributed by atoms with Crippen LogP contribution < -0.4 is 16.4 Å². The van der Waals surface area contributed by atoms with Crippen molar-refractivity contribution in [2.24, 2.45) is 0 Å². The van der Waals surface area contributed by atoms with Gasteiger partial charge in [0.25, 0.3) is 5.91 Å². The molecule has 5 heterocycles. The van der Waals surface area contributed by atoms with Gasteiger partial charge in [-0.15, -0.1) is 11.3 Å². The van der Waals surface area contributed by atoms with Crippen molar-refractivity contribution >= 4 is 55.7 Å². The molecule has 178 valence electrons. The summed E-state index contributed by atoms with van der Waals surface area (Å²) in [5, 5.41) is 7.71. The maximum atomic E-state index is 12.6. The van der Waals surface area contributed by atoms with Crippen molar-refractivity contribution in [1.29, 1.82) is 0 Å². The summed E-state index contributed by atoms with van der Waals surface area (Å²) in [6.45, 7) is 0.730. The molecule has 0 radical (unpaired) electrons. The molecule has 0 saturated carbocycles. The Balaban J connectivity index is 1.18. The number of nitrogens with one attached hydrogen (secondary N) is 2. The highest BCUT2D eigenvalue weighted by Crippen LogP contribution is 2.33. The average Bonchev–Trinajstić information content (AvgIpc) is 3.68. The van der Waals surface area contributed by atoms with E-state index in [9.17, 15) is 4.79 Å². The fourth-order valence-electron chi connectivity index (χ4n) is 3.77. The Labute approximate surface area is 213 Å². The Morgan fingerprint density at radius 2 is 1.94 bits per heavy atom. The van der Waals surface area contributed by atoms with Crippen LogP contribution >= 0.6 is 22.7 Å². The van der Waals surface area contributed by atoms with E-state index in [1.54, 1.807) is 30.7 Å². The summed E-state index contributed by atoms with van der Waals surface area (Å²) in [6.07, 6.45) is 11.3. The summed E-state index contributed by atoms with van der Waals surface area (Å²) in [4.78, 5) is 27.4. The maximum Gasteiger partial charge on any atom is 0.265 e. The number of hydrogen-bond acceptors (Lipinski definition) is 8. The van der Waals surface area contributed by atoms with Gasteiger partial charge in [0.2, 0.25) is 0 Å². The highest BCUT2D eigenvalue weighted by Gasteiger charge is 2.14. The van der Waals surface area contributed by atoms with E-state index in [0.29, 0.717) is 16.3 Å². The largest absolute Gasteiger partial charge is 0.397 e. The monoisotopic (exact) mass is 512 g/mol. The SMILES string of the molecule is Nc1ccccc1NC(=O)c1ccc(Nc2ncc(-c3cnc4ccc(Cn5ccnc5)cn34)s2)s1. The Bertz CT molecular complexity index is 1660. The summed E-state index contributed by atoms with van der Waals surface area (Å²) in [5.41, 5.74) is 10.0. The number of para-hydroxylation sites is 2. The number of fused-ring (bicyclic) bond motifs is 1. The predicted octanol–water partition coefficient (Wildman–Crippen LogP) is 5.34. The van der Waals surface area contributed by atoms with E-state index >= 15 is 0 Å². The molecule has 1 amide bonds. The standard InChI is InChI=1S/C25H20N8OS2/c26-17-3-1-2-4-18(17)30-24(34)20-6-8-23(35-20)31-25-29-12-21(36-25)19-11-28-22-7-5-16(14-33(19)22)13-32-10-9-27-15-32/h1-12,14-15H,13,26H2,(H,29,31)(H,30,34). The quantitative estimate of drug-likeness (QED) is 0.249. The van der Waals surface area contributed by atoms with Crippen LogP contribution in [0.1, 0.15) is 15.2 Å². The van der Waals surface area contributed by atoms with E-state index in [0.717, 1.165) is 38.5 Å². The number of nitrogen functional groups attached to an aromatic ring is 1. The molecule has 0 fully saturated rings. The Morgan fingerprint density at radius 3 is 2.81 bits per heavy atom. The molecule has 0 spiro atoms. The van der Waals surface area contributed by atoms with Crippen LogP contribution in [0.2, 0.25) is 0 Å². The van der Waals surface area contributed by atoms with Crippen LogP contribution in [0.4, 0.5) is 21.5 Å². The molecule has 0 atom stereocenters. The van der Waals surface area contributed by atoms with Gasteiger partial charge in [-0.1, -0.05) is 29.5 Å². The number of imidazole rings is 2. The van der Waals surface area contributed by atoms with E-state index in [1.165, 1.54) is 22.7 Å². The number of carbonyl (C=O) groups is 1. The number of aromatic nitrogens is 5. The van der Waals surface area contributed by atoms with E-state index in [1.807, 2.05) is 47.4 Å². The average molecular weight is 513 g/mol. The number of thiophene rings is 1. The molecule has 6 aromatic rings. The summed E-state index contributed by atoms with van der Waals surface area (Å²) in [6, 6.07) is 14.9. The molecule has 11 heteroatoms. The number of carbonyl (C=O) groups excluding carboxylic acids is 1. The van der Waals surface area contributed by atoms with Crippen LogP contribution in [0.5, 0.6) is 0 Å². The number of benzene rings is 1. The van der Waals surface area contributed by atoms with Gasteiger partial charge in [-0.05, 0) is 35.9 Å². The lowest BCUT2D eigenvalue weighted by molar-refractivity contribution is 0.103. The second-order valence-corrected chi connectivity index (χ2v) is 10.1. The van der Waals surface area contributed by atoms with E-state index in [4.69, 9.17) is 5.73 Å². The lowest BCUT2D eigenvalue weighted by Crippen LogP contribution is -2.11. The van der Waals surface area contributed by atoms with Crippen molar-refractivity contribution in [2.45, 2.75) is 6.54 Å². The van der Waals surface area contributed by atoms with Crippen LogP contribution in [-0.2, 0) is 6.54 Å². The van der Waals surface area contributed by atoms with Crippen molar-refractivity contribution in [1.82, 2.24) is 23.9 Å². The number of hydrogen-bond donors (Lipinski definition) is 3. The molecule has 0 aliphatic rings. The molecule has 0 aliphatic heterocycles. The lowest BCUT2D eigenvalue weighted by atomic mass is 10.2.